The number of hydrogen-bond donors (Lipinski definition) is 1. The van der Waals surface area contributed by atoms with E-state index in [1.165, 1.54) is 0 Å². The molecule has 0 saturated carbocycles. The van der Waals surface area contributed by atoms with E-state index < -0.39 is 0 Å². The van der Waals surface area contributed by atoms with Crippen molar-refractivity contribution in [3.05, 3.63) is 96.4 Å². The molecule has 1 N–H and O–H groups in total. The number of hydrogen-bond acceptors (Lipinski definition) is 4. The van der Waals surface area contributed by atoms with Crippen molar-refractivity contribution in [1.29, 1.82) is 0 Å². The van der Waals surface area contributed by atoms with Crippen molar-refractivity contribution in [2.24, 2.45) is 0 Å². The first-order valence-electron chi connectivity index (χ1n) is 8.65. The first-order valence-corrected chi connectivity index (χ1v) is 8.65. The molecular weight excluding hydrogens is 340 g/mol. The maximum atomic E-state index is 12.7. The molecule has 4 aromatic rings. The van der Waals surface area contributed by atoms with Gasteiger partial charge in [0, 0.05) is 24.0 Å². The first kappa shape index (κ1) is 16.8. The minimum atomic E-state index is -0.290. The predicted molar refractivity (Wildman–Crippen MR) is 101 cm³/mol. The number of nitrogens with one attached hydrogen (secondary N) is 1. The quantitative estimate of drug-likeness (QED) is 0.570. The topological polar surface area (TPSA) is 73.0 Å². The Morgan fingerprint density at radius 3 is 2.48 bits per heavy atom. The number of aromatic nitrogens is 3. The van der Waals surface area contributed by atoms with Crippen LogP contribution in [0.25, 0.3) is 11.3 Å². The second-order valence-electron chi connectivity index (χ2n) is 6.11. The molecule has 134 valence electrons. The fourth-order valence-electron chi connectivity index (χ4n) is 2.87. The van der Waals surface area contributed by atoms with Crippen LogP contribution in [-0.2, 0) is 6.54 Å². The molecule has 6 nitrogen and oxygen atoms in total. The molecule has 0 aliphatic rings. The highest BCUT2D eigenvalue weighted by atomic mass is 16.5. The van der Waals surface area contributed by atoms with Gasteiger partial charge < -0.3 is 9.84 Å². The molecule has 0 aliphatic carbocycles. The normalized spacial score (nSPS) is 11.9. The number of benzene rings is 2. The lowest BCUT2D eigenvalue weighted by Gasteiger charge is -2.18. The molecule has 0 bridgehead atoms. The lowest BCUT2D eigenvalue weighted by atomic mass is 10.1. The minimum Gasteiger partial charge on any atom is -0.355 e. The zero-order chi connectivity index (χ0) is 18.5. The summed E-state index contributed by atoms with van der Waals surface area (Å²) in [7, 11) is 0. The summed E-state index contributed by atoms with van der Waals surface area (Å²) in [5.74, 6) is 0.269. The standard InChI is InChI=1S/C21H18N4O2/c26-21(18-14-20(27-24-18)17-10-5-2-6-11-17)23-19(15-25-13-7-12-22-25)16-8-3-1-4-9-16/h1-14,19H,15H2,(H,23,26). The molecular formula is C21H18N4O2. The molecule has 2 aromatic heterocycles. The Morgan fingerprint density at radius 2 is 1.78 bits per heavy atom. The summed E-state index contributed by atoms with van der Waals surface area (Å²) >= 11 is 0. The molecule has 2 aromatic carbocycles. The fourth-order valence-corrected chi connectivity index (χ4v) is 2.87. The van der Waals surface area contributed by atoms with Crippen molar-refractivity contribution >= 4 is 5.91 Å². The van der Waals surface area contributed by atoms with Gasteiger partial charge in [-0.2, -0.15) is 5.10 Å². The zero-order valence-corrected chi connectivity index (χ0v) is 14.5. The van der Waals surface area contributed by atoms with E-state index in [1.54, 1.807) is 16.9 Å². The number of carbonyl (C=O) groups excluding carboxylic acids is 1. The summed E-state index contributed by atoms with van der Waals surface area (Å²) in [6.45, 7) is 0.520. The van der Waals surface area contributed by atoms with Gasteiger partial charge in [-0.15, -0.1) is 0 Å². The maximum Gasteiger partial charge on any atom is 0.274 e. The highest BCUT2D eigenvalue weighted by Crippen LogP contribution is 2.21. The Hall–Kier alpha value is -3.67. The molecule has 4 rings (SSSR count). The fraction of sp³-hybridized carbons (Fsp3) is 0.0952. The van der Waals surface area contributed by atoms with Crippen LogP contribution in [0.5, 0.6) is 0 Å². The summed E-state index contributed by atoms with van der Waals surface area (Å²) in [6, 6.07) is 22.6. The van der Waals surface area contributed by atoms with Crippen molar-refractivity contribution in [3.63, 3.8) is 0 Å². The van der Waals surface area contributed by atoms with E-state index in [0.29, 0.717) is 12.3 Å². The Morgan fingerprint density at radius 1 is 1.04 bits per heavy atom. The van der Waals surface area contributed by atoms with Crippen LogP contribution in [0.3, 0.4) is 0 Å². The van der Waals surface area contributed by atoms with Crippen LogP contribution in [0.15, 0.2) is 89.7 Å². The van der Waals surface area contributed by atoms with Crippen molar-refractivity contribution in [2.75, 3.05) is 0 Å². The SMILES string of the molecule is O=C(NC(Cn1cccn1)c1ccccc1)c1cc(-c2ccccc2)on1. The zero-order valence-electron chi connectivity index (χ0n) is 14.5. The maximum absolute atomic E-state index is 12.7. The van der Waals surface area contributed by atoms with E-state index in [9.17, 15) is 4.79 Å². The number of rotatable bonds is 6. The molecule has 0 radical (unpaired) electrons. The third-order valence-corrected chi connectivity index (χ3v) is 4.24. The Balaban J connectivity index is 1.54. The lowest BCUT2D eigenvalue weighted by molar-refractivity contribution is 0.0922. The van der Waals surface area contributed by atoms with E-state index in [-0.39, 0.29) is 17.6 Å². The summed E-state index contributed by atoms with van der Waals surface area (Å²) < 4.78 is 7.12. The molecule has 2 heterocycles. The monoisotopic (exact) mass is 358 g/mol. The third kappa shape index (κ3) is 3.95. The summed E-state index contributed by atoms with van der Waals surface area (Å²) in [6.07, 6.45) is 3.58. The van der Waals surface area contributed by atoms with Gasteiger partial charge in [0.15, 0.2) is 11.5 Å². The Kier molecular flexibility index (Phi) is 4.78. The van der Waals surface area contributed by atoms with Gasteiger partial charge >= 0.3 is 0 Å². The summed E-state index contributed by atoms with van der Waals surface area (Å²) in [4.78, 5) is 12.7. The van der Waals surface area contributed by atoms with E-state index in [1.807, 2.05) is 72.9 Å². The van der Waals surface area contributed by atoms with Gasteiger partial charge in [0.05, 0.1) is 12.6 Å². The molecule has 0 fully saturated rings. The van der Waals surface area contributed by atoms with Gasteiger partial charge in [-0.3, -0.25) is 9.48 Å². The number of nitrogens with zero attached hydrogens (tertiary/aromatic N) is 3. The van der Waals surface area contributed by atoms with Gasteiger partial charge in [-0.05, 0) is 11.6 Å². The van der Waals surface area contributed by atoms with Gasteiger partial charge in [0.1, 0.15) is 0 Å². The average Bonchev–Trinajstić information content (AvgIpc) is 3.41. The van der Waals surface area contributed by atoms with Crippen molar-refractivity contribution in [2.45, 2.75) is 12.6 Å². The Labute approximate surface area is 156 Å². The largest absolute Gasteiger partial charge is 0.355 e. The van der Waals surface area contributed by atoms with Crippen molar-refractivity contribution < 1.29 is 9.32 Å². The molecule has 1 unspecified atom stereocenters. The van der Waals surface area contributed by atoms with Crippen LogP contribution in [0, 0.1) is 0 Å². The lowest BCUT2D eigenvalue weighted by Crippen LogP contribution is -2.31. The van der Waals surface area contributed by atoms with E-state index in [0.717, 1.165) is 11.1 Å². The number of amides is 1. The van der Waals surface area contributed by atoms with E-state index in [2.05, 4.69) is 15.6 Å². The van der Waals surface area contributed by atoms with E-state index >= 15 is 0 Å². The smallest absolute Gasteiger partial charge is 0.274 e. The highest BCUT2D eigenvalue weighted by Gasteiger charge is 2.19. The van der Waals surface area contributed by atoms with Gasteiger partial charge in [-0.1, -0.05) is 65.8 Å². The second kappa shape index (κ2) is 7.70. The molecule has 1 atom stereocenters. The molecule has 0 aliphatic heterocycles. The molecule has 1 amide bonds. The van der Waals surface area contributed by atoms with Crippen LogP contribution in [-0.4, -0.2) is 20.8 Å². The van der Waals surface area contributed by atoms with Crippen molar-refractivity contribution in [1.82, 2.24) is 20.3 Å². The van der Waals surface area contributed by atoms with Gasteiger partial charge in [-0.25, -0.2) is 0 Å². The Bertz CT molecular complexity index is 995. The van der Waals surface area contributed by atoms with Crippen molar-refractivity contribution in [3.8, 4) is 11.3 Å². The summed E-state index contributed by atoms with van der Waals surface area (Å²) in [5.41, 5.74) is 2.11. The van der Waals surface area contributed by atoms with Gasteiger partial charge in [0.25, 0.3) is 5.91 Å². The van der Waals surface area contributed by atoms with Crippen LogP contribution in [0.2, 0.25) is 0 Å². The van der Waals surface area contributed by atoms with Crippen LogP contribution < -0.4 is 5.32 Å². The van der Waals surface area contributed by atoms with Gasteiger partial charge in [0.2, 0.25) is 0 Å². The second-order valence-corrected chi connectivity index (χ2v) is 6.11. The first-order chi connectivity index (χ1) is 13.3. The predicted octanol–water partition coefficient (Wildman–Crippen LogP) is 3.71. The average molecular weight is 358 g/mol. The van der Waals surface area contributed by atoms with Crippen LogP contribution in [0.1, 0.15) is 22.1 Å². The van der Waals surface area contributed by atoms with Crippen LogP contribution >= 0.6 is 0 Å². The van der Waals surface area contributed by atoms with E-state index in [4.69, 9.17) is 4.52 Å². The van der Waals surface area contributed by atoms with Crippen LogP contribution in [0.4, 0.5) is 0 Å². The minimum absolute atomic E-state index is 0.240. The molecule has 0 spiro atoms. The third-order valence-electron chi connectivity index (χ3n) is 4.24. The molecule has 6 heteroatoms. The molecule has 0 saturated heterocycles. The molecule has 27 heavy (non-hydrogen) atoms. The summed E-state index contributed by atoms with van der Waals surface area (Å²) in [5, 5.41) is 11.2. The number of carbonyl (C=O) groups is 1. The highest BCUT2D eigenvalue weighted by molar-refractivity contribution is 5.93.